The van der Waals surface area contributed by atoms with Crippen LogP contribution in [0.25, 0.3) is 10.2 Å². The number of thiazole rings is 1. The Hall–Kier alpha value is -2.31. The van der Waals surface area contributed by atoms with Crippen molar-refractivity contribution >= 4 is 27.5 Å². The van der Waals surface area contributed by atoms with Gasteiger partial charge in [0, 0.05) is 37.4 Å². The Kier molecular flexibility index (Phi) is 5.52. The van der Waals surface area contributed by atoms with Gasteiger partial charge in [0.1, 0.15) is 12.4 Å². The van der Waals surface area contributed by atoms with Gasteiger partial charge in [-0.2, -0.15) is 0 Å². The number of fused-ring (bicyclic) bond motifs is 1. The Balaban J connectivity index is 1.26. The third kappa shape index (κ3) is 4.25. The van der Waals surface area contributed by atoms with Gasteiger partial charge < -0.3 is 9.80 Å². The van der Waals surface area contributed by atoms with E-state index in [0.717, 1.165) is 49.3 Å². The molecule has 1 saturated heterocycles. The van der Waals surface area contributed by atoms with E-state index in [4.69, 9.17) is 4.98 Å². The second kappa shape index (κ2) is 8.44. The van der Waals surface area contributed by atoms with Gasteiger partial charge in [0.2, 0.25) is 0 Å². The Morgan fingerprint density at radius 2 is 1.93 bits per heavy atom. The molecule has 3 aromatic rings. The molecule has 1 amide bonds. The van der Waals surface area contributed by atoms with Gasteiger partial charge >= 0.3 is 0 Å². The first-order valence-electron chi connectivity index (χ1n) is 10.9. The van der Waals surface area contributed by atoms with Gasteiger partial charge in [-0.15, -0.1) is 11.3 Å². The van der Waals surface area contributed by atoms with Crippen LogP contribution in [0.2, 0.25) is 0 Å². The Bertz CT molecular complexity index is 1010. The van der Waals surface area contributed by atoms with E-state index in [9.17, 15) is 9.18 Å². The highest BCUT2D eigenvalue weighted by Gasteiger charge is 2.37. The molecular formula is C24H27FN3OS+. The standard InChI is InChI=1S/C24H26FN3OS/c25-20-8-2-1-6-17(20)14-28(19-11-12-19)16-23(29)27-13-5-7-18(15-27)24-26-21-9-3-4-10-22(21)30-24/h1-4,6,8-10,18-19H,5,7,11-16H2/p+1/t18-/m1/s1. The molecule has 4 nitrogen and oxygen atoms in total. The Morgan fingerprint density at radius 1 is 1.13 bits per heavy atom. The minimum absolute atomic E-state index is 0.169. The van der Waals surface area contributed by atoms with Crippen molar-refractivity contribution in [2.75, 3.05) is 19.6 Å². The van der Waals surface area contributed by atoms with Crippen LogP contribution in [0, 0.1) is 5.82 Å². The van der Waals surface area contributed by atoms with Gasteiger partial charge in [0.05, 0.1) is 21.3 Å². The van der Waals surface area contributed by atoms with Crippen LogP contribution in [0.15, 0.2) is 48.5 Å². The van der Waals surface area contributed by atoms with Crippen LogP contribution in [0.4, 0.5) is 4.39 Å². The number of amides is 1. The highest BCUT2D eigenvalue weighted by Crippen LogP contribution is 2.32. The summed E-state index contributed by atoms with van der Waals surface area (Å²) in [5, 5.41) is 1.14. The van der Waals surface area contributed by atoms with E-state index in [1.165, 1.54) is 15.7 Å². The maximum absolute atomic E-state index is 14.1. The third-order valence-corrected chi connectivity index (χ3v) is 7.54. The lowest BCUT2D eigenvalue weighted by Gasteiger charge is -2.32. The SMILES string of the molecule is O=C(C[NH+](Cc1ccccc1F)C1CC1)N1CCC[C@@H](c2nc3ccccc3s2)C1. The van der Waals surface area contributed by atoms with Crippen LogP contribution >= 0.6 is 11.3 Å². The number of likely N-dealkylation sites (tertiary alicyclic amines) is 1. The normalized spacial score (nSPS) is 20.4. The van der Waals surface area contributed by atoms with E-state index in [1.54, 1.807) is 17.4 Å². The van der Waals surface area contributed by atoms with Crippen LogP contribution in [-0.4, -0.2) is 41.5 Å². The quantitative estimate of drug-likeness (QED) is 0.659. The molecule has 1 saturated carbocycles. The summed E-state index contributed by atoms with van der Waals surface area (Å²) in [6, 6.07) is 15.7. The first kappa shape index (κ1) is 19.6. The van der Waals surface area contributed by atoms with Crippen molar-refractivity contribution in [3.05, 3.63) is 64.9 Å². The first-order chi connectivity index (χ1) is 14.7. The average Bonchev–Trinajstić information content (AvgIpc) is 3.53. The lowest BCUT2D eigenvalue weighted by Crippen LogP contribution is -3.13. The predicted octanol–water partition coefficient (Wildman–Crippen LogP) is 3.39. The molecule has 2 atom stereocenters. The topological polar surface area (TPSA) is 37.6 Å². The maximum atomic E-state index is 14.1. The summed E-state index contributed by atoms with van der Waals surface area (Å²) in [7, 11) is 0. The van der Waals surface area contributed by atoms with Crippen LogP contribution in [0.1, 0.15) is 42.2 Å². The number of quaternary nitrogens is 1. The van der Waals surface area contributed by atoms with Crippen LogP contribution in [-0.2, 0) is 11.3 Å². The number of hydrogen-bond acceptors (Lipinski definition) is 3. The smallest absolute Gasteiger partial charge is 0.277 e. The Labute approximate surface area is 180 Å². The largest absolute Gasteiger partial charge is 0.337 e. The van der Waals surface area contributed by atoms with E-state index in [1.807, 2.05) is 29.2 Å². The van der Waals surface area contributed by atoms with Gasteiger partial charge in [-0.1, -0.05) is 30.3 Å². The van der Waals surface area contributed by atoms with Crippen molar-refractivity contribution in [3.63, 3.8) is 0 Å². The molecule has 0 radical (unpaired) electrons. The number of halogens is 1. The monoisotopic (exact) mass is 424 g/mol. The minimum Gasteiger partial charge on any atom is -0.337 e. The van der Waals surface area contributed by atoms with Crippen molar-refractivity contribution < 1.29 is 14.1 Å². The van der Waals surface area contributed by atoms with E-state index >= 15 is 0 Å². The Morgan fingerprint density at radius 3 is 2.73 bits per heavy atom. The molecule has 2 aromatic carbocycles. The maximum Gasteiger partial charge on any atom is 0.277 e. The van der Waals surface area contributed by atoms with E-state index in [-0.39, 0.29) is 11.7 Å². The molecule has 1 aliphatic heterocycles. The fourth-order valence-electron chi connectivity index (χ4n) is 4.51. The summed E-state index contributed by atoms with van der Waals surface area (Å²) in [5.41, 5.74) is 1.76. The van der Waals surface area contributed by atoms with E-state index in [2.05, 4.69) is 12.1 Å². The van der Waals surface area contributed by atoms with Crippen LogP contribution < -0.4 is 4.90 Å². The number of carbonyl (C=O) groups is 1. The number of rotatable bonds is 6. The summed E-state index contributed by atoms with van der Waals surface area (Å²) >= 11 is 1.75. The zero-order valence-electron chi connectivity index (χ0n) is 17.0. The molecular weight excluding hydrogens is 397 g/mol. The number of piperidine rings is 1. The second-order valence-corrected chi connectivity index (χ2v) is 9.64. The van der Waals surface area contributed by atoms with Gasteiger partial charge in [-0.05, 0) is 31.0 Å². The molecule has 2 aliphatic rings. The van der Waals surface area contributed by atoms with Gasteiger partial charge in [-0.3, -0.25) is 4.79 Å². The number of para-hydroxylation sites is 1. The average molecular weight is 425 g/mol. The highest BCUT2D eigenvalue weighted by molar-refractivity contribution is 7.18. The van der Waals surface area contributed by atoms with E-state index < -0.39 is 0 Å². The number of nitrogens with zero attached hydrogens (tertiary/aromatic N) is 2. The molecule has 2 fully saturated rings. The summed E-state index contributed by atoms with van der Waals surface area (Å²) in [6.07, 6.45) is 4.35. The summed E-state index contributed by atoms with van der Waals surface area (Å²) in [5.74, 6) is 0.340. The molecule has 0 bridgehead atoms. The summed E-state index contributed by atoms with van der Waals surface area (Å²) < 4.78 is 15.4. The first-order valence-corrected chi connectivity index (χ1v) is 11.7. The third-order valence-electron chi connectivity index (χ3n) is 6.34. The van der Waals surface area contributed by atoms with Crippen molar-refractivity contribution in [2.45, 2.75) is 44.2 Å². The van der Waals surface area contributed by atoms with Crippen molar-refractivity contribution in [3.8, 4) is 0 Å². The number of hydrogen-bond donors (Lipinski definition) is 1. The molecule has 0 spiro atoms. The number of benzene rings is 2. The van der Waals surface area contributed by atoms with Crippen molar-refractivity contribution in [1.82, 2.24) is 9.88 Å². The van der Waals surface area contributed by atoms with E-state index in [0.29, 0.717) is 30.6 Å². The van der Waals surface area contributed by atoms with Gasteiger partial charge in [0.15, 0.2) is 6.54 Å². The van der Waals surface area contributed by atoms with Gasteiger partial charge in [-0.25, -0.2) is 9.37 Å². The molecule has 1 N–H and O–H groups in total. The predicted molar refractivity (Wildman–Crippen MR) is 117 cm³/mol. The molecule has 30 heavy (non-hydrogen) atoms. The number of nitrogens with one attached hydrogen (secondary N) is 1. The molecule has 2 heterocycles. The zero-order valence-corrected chi connectivity index (χ0v) is 17.8. The molecule has 1 aliphatic carbocycles. The van der Waals surface area contributed by atoms with Gasteiger partial charge in [0.25, 0.3) is 5.91 Å². The number of aromatic nitrogens is 1. The molecule has 1 unspecified atom stereocenters. The second-order valence-electron chi connectivity index (χ2n) is 8.58. The highest BCUT2D eigenvalue weighted by atomic mass is 32.1. The molecule has 156 valence electrons. The fraction of sp³-hybridized carbons (Fsp3) is 0.417. The molecule has 6 heteroatoms. The van der Waals surface area contributed by atoms with Crippen LogP contribution in [0.3, 0.4) is 0 Å². The zero-order chi connectivity index (χ0) is 20.5. The lowest BCUT2D eigenvalue weighted by atomic mass is 9.98. The fourth-order valence-corrected chi connectivity index (χ4v) is 5.60. The molecule has 5 rings (SSSR count). The van der Waals surface area contributed by atoms with Crippen molar-refractivity contribution in [2.24, 2.45) is 0 Å². The lowest BCUT2D eigenvalue weighted by molar-refractivity contribution is -0.917. The summed E-state index contributed by atoms with van der Waals surface area (Å²) in [6.45, 7) is 2.60. The minimum atomic E-state index is -0.169. The number of carbonyl (C=O) groups excluding carboxylic acids is 1. The summed E-state index contributed by atoms with van der Waals surface area (Å²) in [4.78, 5) is 21.2. The molecule has 1 aromatic heterocycles. The van der Waals surface area contributed by atoms with Crippen LogP contribution in [0.5, 0.6) is 0 Å². The van der Waals surface area contributed by atoms with Crippen molar-refractivity contribution in [1.29, 1.82) is 0 Å².